The summed E-state index contributed by atoms with van der Waals surface area (Å²) in [5, 5.41) is 19.8. The van der Waals surface area contributed by atoms with Crippen LogP contribution in [0.3, 0.4) is 0 Å². The van der Waals surface area contributed by atoms with Crippen molar-refractivity contribution in [1.29, 1.82) is 0 Å². The first-order valence-corrected chi connectivity index (χ1v) is 5.70. The zero-order chi connectivity index (χ0) is 15.5. The Kier molecular flexibility index (Phi) is 4.50. The lowest BCUT2D eigenvalue weighted by Crippen LogP contribution is -2.52. The average molecular weight is 289 g/mol. The molecule has 0 aromatic rings. The quantitative estimate of drug-likeness (QED) is 0.503. The van der Waals surface area contributed by atoms with Crippen molar-refractivity contribution in [2.45, 2.75) is 24.9 Å². The summed E-state index contributed by atoms with van der Waals surface area (Å²) in [4.78, 5) is 45.6. The maximum Gasteiger partial charge on any atom is 0.415 e. The third-order valence-electron chi connectivity index (χ3n) is 2.84. The van der Waals surface area contributed by atoms with Gasteiger partial charge in [-0.15, -0.1) is 0 Å². The number of amides is 3. The van der Waals surface area contributed by atoms with Crippen LogP contribution >= 0.6 is 0 Å². The first kappa shape index (κ1) is 15.7. The van der Waals surface area contributed by atoms with Crippen molar-refractivity contribution in [3.05, 3.63) is 0 Å². The number of carbonyl (C=O) groups excluding carboxylic acids is 2. The van der Waals surface area contributed by atoms with Crippen LogP contribution in [0, 0.1) is 0 Å². The first-order chi connectivity index (χ1) is 9.21. The van der Waals surface area contributed by atoms with E-state index in [0.29, 0.717) is 4.90 Å². The van der Waals surface area contributed by atoms with Crippen molar-refractivity contribution < 1.29 is 34.1 Å². The molecular weight excluding hydrogens is 274 g/mol. The van der Waals surface area contributed by atoms with Gasteiger partial charge in [0.1, 0.15) is 11.6 Å². The number of hydrogen-bond acceptors (Lipinski definition) is 6. The van der Waals surface area contributed by atoms with E-state index < -0.39 is 48.6 Å². The molecule has 0 aromatic heterocycles. The van der Waals surface area contributed by atoms with Crippen LogP contribution in [0.5, 0.6) is 0 Å². The van der Waals surface area contributed by atoms with Gasteiger partial charge in [-0.25, -0.2) is 19.7 Å². The molecule has 1 saturated heterocycles. The highest BCUT2D eigenvalue weighted by molar-refractivity contribution is 5.94. The third-order valence-corrected chi connectivity index (χ3v) is 2.84. The minimum absolute atomic E-state index is 0.0252. The maximum absolute atomic E-state index is 11.8. The van der Waals surface area contributed by atoms with E-state index in [1.165, 1.54) is 6.92 Å². The van der Waals surface area contributed by atoms with Crippen LogP contribution in [0.2, 0.25) is 0 Å². The van der Waals surface area contributed by atoms with E-state index in [1.807, 2.05) is 0 Å². The highest BCUT2D eigenvalue weighted by atomic mass is 16.5. The van der Waals surface area contributed by atoms with Gasteiger partial charge >= 0.3 is 24.1 Å². The number of carbonyl (C=O) groups is 4. The van der Waals surface area contributed by atoms with Crippen LogP contribution in [0.4, 0.5) is 9.59 Å². The van der Waals surface area contributed by atoms with Crippen molar-refractivity contribution in [1.82, 2.24) is 10.2 Å². The molecule has 2 atom stereocenters. The van der Waals surface area contributed by atoms with E-state index in [-0.39, 0.29) is 6.61 Å². The Morgan fingerprint density at radius 2 is 2.00 bits per heavy atom. The Bertz CT molecular complexity index is 452. The SMILES string of the molecule is CCOC(=O)NC(=O)N1C[C@](N)(C(=O)O)C[C@H]1C(=O)O. The summed E-state index contributed by atoms with van der Waals surface area (Å²) in [6.45, 7) is 1.03. The number of imide groups is 1. The number of nitrogens with zero attached hydrogens (tertiary/aromatic N) is 1. The van der Waals surface area contributed by atoms with Gasteiger partial charge in [-0.3, -0.25) is 4.79 Å². The van der Waals surface area contributed by atoms with Crippen LogP contribution in [0.25, 0.3) is 0 Å². The van der Waals surface area contributed by atoms with E-state index in [0.717, 1.165) is 0 Å². The molecule has 1 aliphatic rings. The summed E-state index contributed by atoms with van der Waals surface area (Å²) < 4.78 is 4.47. The summed E-state index contributed by atoms with van der Waals surface area (Å²) in [5.74, 6) is -2.83. The molecule has 1 rings (SSSR count). The molecule has 10 nitrogen and oxygen atoms in total. The van der Waals surface area contributed by atoms with Crippen molar-refractivity contribution in [2.24, 2.45) is 5.73 Å². The Morgan fingerprint density at radius 3 is 2.45 bits per heavy atom. The zero-order valence-electron chi connectivity index (χ0n) is 10.7. The summed E-state index contributed by atoms with van der Waals surface area (Å²) in [7, 11) is 0. The second-order valence-electron chi connectivity index (χ2n) is 4.30. The lowest BCUT2D eigenvalue weighted by atomic mass is 9.98. The number of aliphatic carboxylic acids is 2. The van der Waals surface area contributed by atoms with Crippen LogP contribution in [0.15, 0.2) is 0 Å². The van der Waals surface area contributed by atoms with E-state index in [4.69, 9.17) is 15.9 Å². The molecule has 3 amide bonds. The predicted octanol–water partition coefficient (Wildman–Crippen LogP) is -1.21. The molecule has 20 heavy (non-hydrogen) atoms. The number of hydrogen-bond donors (Lipinski definition) is 4. The fourth-order valence-electron chi connectivity index (χ4n) is 1.85. The Balaban J connectivity index is 2.86. The number of nitrogens with two attached hydrogens (primary N) is 1. The van der Waals surface area contributed by atoms with Gasteiger partial charge in [-0.2, -0.15) is 0 Å². The lowest BCUT2D eigenvalue weighted by Gasteiger charge is -2.21. The van der Waals surface area contributed by atoms with Crippen molar-refractivity contribution in [2.75, 3.05) is 13.2 Å². The van der Waals surface area contributed by atoms with Gasteiger partial charge in [0.2, 0.25) is 0 Å². The van der Waals surface area contributed by atoms with E-state index in [2.05, 4.69) is 4.74 Å². The number of urea groups is 1. The fourth-order valence-corrected chi connectivity index (χ4v) is 1.85. The summed E-state index contributed by atoms with van der Waals surface area (Å²) in [6, 6.07) is -2.49. The van der Waals surface area contributed by atoms with Crippen molar-refractivity contribution in [3.63, 3.8) is 0 Å². The van der Waals surface area contributed by atoms with Gasteiger partial charge in [-0.05, 0) is 6.92 Å². The van der Waals surface area contributed by atoms with Crippen LogP contribution in [-0.4, -0.2) is 63.9 Å². The molecule has 0 saturated carbocycles. The molecule has 0 aromatic carbocycles. The molecule has 112 valence electrons. The van der Waals surface area contributed by atoms with Gasteiger partial charge in [0.25, 0.3) is 0 Å². The molecule has 5 N–H and O–H groups in total. The van der Waals surface area contributed by atoms with Crippen LogP contribution in [0.1, 0.15) is 13.3 Å². The number of alkyl carbamates (subject to hydrolysis) is 1. The second-order valence-corrected chi connectivity index (χ2v) is 4.30. The molecule has 0 bridgehead atoms. The molecule has 1 heterocycles. The summed E-state index contributed by atoms with van der Waals surface area (Å²) in [6.07, 6.45) is -1.50. The number of ether oxygens (including phenoxy) is 1. The smallest absolute Gasteiger partial charge is 0.415 e. The molecule has 0 unspecified atom stereocenters. The largest absolute Gasteiger partial charge is 0.480 e. The molecule has 0 aliphatic carbocycles. The highest BCUT2D eigenvalue weighted by Gasteiger charge is 2.51. The molecule has 10 heteroatoms. The minimum Gasteiger partial charge on any atom is -0.480 e. The van der Waals surface area contributed by atoms with Crippen LogP contribution in [-0.2, 0) is 14.3 Å². The molecule has 1 aliphatic heterocycles. The van der Waals surface area contributed by atoms with E-state index in [9.17, 15) is 19.2 Å². The first-order valence-electron chi connectivity index (χ1n) is 5.70. The van der Waals surface area contributed by atoms with Gasteiger partial charge in [-0.1, -0.05) is 0 Å². The van der Waals surface area contributed by atoms with Crippen molar-refractivity contribution >= 4 is 24.1 Å². The third kappa shape index (κ3) is 3.15. The standard InChI is InChI=1S/C10H15N3O7/c1-2-20-9(19)12-8(18)13-4-10(11,7(16)17)3-5(13)6(14)15/h5H,2-4,11H2,1H3,(H,14,15)(H,16,17)(H,12,18,19)/t5-,10-/m0/s1. The fraction of sp³-hybridized carbons (Fsp3) is 0.600. The normalized spacial score (nSPS) is 25.1. The Labute approximate surface area is 113 Å². The van der Waals surface area contributed by atoms with Crippen LogP contribution < -0.4 is 11.1 Å². The summed E-state index contributed by atoms with van der Waals surface area (Å²) in [5.41, 5.74) is 3.68. The monoisotopic (exact) mass is 289 g/mol. The predicted molar refractivity (Wildman–Crippen MR) is 62.9 cm³/mol. The van der Waals surface area contributed by atoms with Gasteiger partial charge in [0, 0.05) is 6.42 Å². The second kappa shape index (κ2) is 5.74. The van der Waals surface area contributed by atoms with Gasteiger partial charge < -0.3 is 25.6 Å². The number of likely N-dealkylation sites (tertiary alicyclic amines) is 1. The number of rotatable bonds is 3. The van der Waals surface area contributed by atoms with Gasteiger partial charge in [0.05, 0.1) is 13.2 Å². The van der Waals surface area contributed by atoms with E-state index >= 15 is 0 Å². The Hall–Kier alpha value is -2.36. The highest BCUT2D eigenvalue weighted by Crippen LogP contribution is 2.25. The summed E-state index contributed by atoms with van der Waals surface area (Å²) >= 11 is 0. The lowest BCUT2D eigenvalue weighted by molar-refractivity contribution is -0.142. The zero-order valence-corrected chi connectivity index (χ0v) is 10.7. The Morgan fingerprint density at radius 1 is 1.40 bits per heavy atom. The molecule has 0 spiro atoms. The number of nitrogens with one attached hydrogen (secondary N) is 1. The van der Waals surface area contributed by atoms with E-state index in [1.54, 1.807) is 5.32 Å². The number of carboxylic acid groups (broad SMARTS) is 2. The molecular formula is C10H15N3O7. The average Bonchev–Trinajstić information content (AvgIpc) is 2.69. The maximum atomic E-state index is 11.8. The number of carboxylic acids is 2. The minimum atomic E-state index is -1.87. The van der Waals surface area contributed by atoms with Gasteiger partial charge in [0.15, 0.2) is 0 Å². The molecule has 0 radical (unpaired) electrons. The molecule has 1 fully saturated rings. The van der Waals surface area contributed by atoms with Crippen molar-refractivity contribution in [3.8, 4) is 0 Å². The topological polar surface area (TPSA) is 159 Å².